The third-order valence-electron chi connectivity index (χ3n) is 7.62. The number of hydrogen-bond donors (Lipinski definition) is 2. The number of hydrogen-bond acceptors (Lipinski definition) is 4. The number of anilines is 1. The summed E-state index contributed by atoms with van der Waals surface area (Å²) in [6.07, 6.45) is 2.03. The molecular weight excluding hydrogens is 402 g/mol. The topological polar surface area (TPSA) is 69.6 Å². The fourth-order valence-electron chi connectivity index (χ4n) is 5.61. The van der Waals surface area contributed by atoms with Crippen LogP contribution in [0.4, 0.5) is 10.5 Å². The first-order valence-corrected chi connectivity index (χ1v) is 11.7. The van der Waals surface area contributed by atoms with Gasteiger partial charge >= 0.3 is 6.03 Å². The van der Waals surface area contributed by atoms with Crippen molar-refractivity contribution in [1.29, 1.82) is 0 Å². The highest BCUT2D eigenvalue weighted by atomic mass is 16.2. The molecule has 0 radical (unpaired) electrons. The second-order valence-electron chi connectivity index (χ2n) is 10.0. The summed E-state index contributed by atoms with van der Waals surface area (Å²) in [6, 6.07) is 14.5. The van der Waals surface area contributed by atoms with Gasteiger partial charge in [0.1, 0.15) is 0 Å². The van der Waals surface area contributed by atoms with Crippen molar-refractivity contribution in [2.45, 2.75) is 44.2 Å². The predicted molar refractivity (Wildman–Crippen MR) is 126 cm³/mol. The van der Waals surface area contributed by atoms with E-state index in [0.29, 0.717) is 19.6 Å². The summed E-state index contributed by atoms with van der Waals surface area (Å²) in [6.45, 7) is 9.68. The fourth-order valence-corrected chi connectivity index (χ4v) is 5.61. The van der Waals surface area contributed by atoms with E-state index in [0.717, 1.165) is 50.4 Å². The van der Waals surface area contributed by atoms with Gasteiger partial charge in [0.25, 0.3) is 5.56 Å². The van der Waals surface area contributed by atoms with Crippen LogP contribution in [-0.4, -0.2) is 60.3 Å². The number of benzene rings is 1. The van der Waals surface area contributed by atoms with Crippen LogP contribution in [0.1, 0.15) is 31.0 Å². The number of urea groups is 1. The molecule has 3 aliphatic heterocycles. The minimum atomic E-state index is -0.137. The quantitative estimate of drug-likeness (QED) is 0.755. The highest BCUT2D eigenvalue weighted by Crippen LogP contribution is 2.36. The van der Waals surface area contributed by atoms with E-state index in [2.05, 4.69) is 58.9 Å². The first-order valence-electron chi connectivity index (χ1n) is 11.7. The molecule has 5 rings (SSSR count). The van der Waals surface area contributed by atoms with Crippen molar-refractivity contribution in [3.63, 3.8) is 0 Å². The van der Waals surface area contributed by atoms with Gasteiger partial charge in [-0.25, -0.2) is 4.79 Å². The molecule has 2 amide bonds. The number of nitrogens with one attached hydrogen (secondary N) is 2. The van der Waals surface area contributed by atoms with E-state index in [9.17, 15) is 9.59 Å². The Labute approximate surface area is 189 Å². The second-order valence-corrected chi connectivity index (χ2v) is 10.0. The Bertz CT molecular complexity index is 1060. The molecule has 2 atom stereocenters. The number of carbonyl (C=O) groups excluding carboxylic acids is 1. The zero-order valence-corrected chi connectivity index (χ0v) is 19.1. The fraction of sp³-hybridized carbons (Fsp3) is 0.520. The third-order valence-corrected chi connectivity index (χ3v) is 7.62. The van der Waals surface area contributed by atoms with Crippen LogP contribution in [0.5, 0.6) is 0 Å². The summed E-state index contributed by atoms with van der Waals surface area (Å²) >= 11 is 0. The predicted octanol–water partition coefficient (Wildman–Crippen LogP) is 2.08. The molecule has 32 heavy (non-hydrogen) atoms. The van der Waals surface area contributed by atoms with Gasteiger partial charge in [-0.3, -0.25) is 4.79 Å². The summed E-state index contributed by atoms with van der Waals surface area (Å²) < 4.78 is 1.79. The van der Waals surface area contributed by atoms with Crippen molar-refractivity contribution in [2.75, 3.05) is 44.2 Å². The summed E-state index contributed by atoms with van der Waals surface area (Å²) in [5.74, 6) is 0. The molecule has 3 saturated heterocycles. The summed E-state index contributed by atoms with van der Waals surface area (Å²) in [7, 11) is 0. The number of rotatable bonds is 5. The van der Waals surface area contributed by atoms with Crippen LogP contribution in [-0.2, 0) is 12.0 Å². The van der Waals surface area contributed by atoms with E-state index in [1.165, 1.54) is 5.56 Å². The maximum Gasteiger partial charge on any atom is 0.318 e. The van der Waals surface area contributed by atoms with Gasteiger partial charge < -0.3 is 25.0 Å². The van der Waals surface area contributed by atoms with Gasteiger partial charge in [0.15, 0.2) is 0 Å². The monoisotopic (exact) mass is 435 g/mol. The lowest BCUT2D eigenvalue weighted by Crippen LogP contribution is -2.45. The smallest absolute Gasteiger partial charge is 0.318 e. The summed E-state index contributed by atoms with van der Waals surface area (Å²) in [5.41, 5.74) is 3.26. The van der Waals surface area contributed by atoms with Gasteiger partial charge in [0.05, 0.1) is 5.54 Å². The Balaban J connectivity index is 1.27. The van der Waals surface area contributed by atoms with Crippen LogP contribution >= 0.6 is 0 Å². The zero-order chi connectivity index (χ0) is 22.3. The molecule has 0 bridgehead atoms. The molecule has 170 valence electrons. The Hall–Kier alpha value is -2.80. The maximum absolute atomic E-state index is 13.0. The number of aromatic nitrogens is 1. The van der Waals surface area contributed by atoms with E-state index in [4.69, 9.17) is 0 Å². The van der Waals surface area contributed by atoms with Crippen LogP contribution in [0, 0.1) is 6.92 Å². The van der Waals surface area contributed by atoms with E-state index in [1.807, 2.05) is 11.8 Å². The standard InChI is InChI=1S/C25H33N5O2/c1-19-14-21(28-11-9-24(2,17-28)20-6-4-3-5-7-20)15-22(31)30(19)13-12-29-18-25(27-23(29)32)8-10-26-16-25/h3-7,14-15,26H,8-13,16-18H2,1-2H3,(H,27,32). The minimum Gasteiger partial charge on any atom is -0.370 e. The first kappa shape index (κ1) is 21.1. The molecule has 7 heteroatoms. The molecule has 3 aliphatic rings. The van der Waals surface area contributed by atoms with Gasteiger partial charge in [-0.05, 0) is 37.9 Å². The Morgan fingerprint density at radius 1 is 1.03 bits per heavy atom. The van der Waals surface area contributed by atoms with Gasteiger partial charge in [0.2, 0.25) is 0 Å². The van der Waals surface area contributed by atoms with Crippen molar-refractivity contribution < 1.29 is 4.79 Å². The van der Waals surface area contributed by atoms with Gasteiger partial charge in [-0.2, -0.15) is 0 Å². The van der Waals surface area contributed by atoms with E-state index in [-0.39, 0.29) is 22.5 Å². The minimum absolute atomic E-state index is 0.00478. The number of nitrogens with zero attached hydrogens (tertiary/aromatic N) is 3. The van der Waals surface area contributed by atoms with E-state index < -0.39 is 0 Å². The largest absolute Gasteiger partial charge is 0.370 e. The van der Waals surface area contributed by atoms with Gasteiger partial charge in [0, 0.05) is 62.1 Å². The van der Waals surface area contributed by atoms with Crippen LogP contribution in [0.25, 0.3) is 0 Å². The molecule has 1 aromatic heterocycles. The number of amides is 2. The van der Waals surface area contributed by atoms with E-state index >= 15 is 0 Å². The second kappa shape index (κ2) is 7.96. The van der Waals surface area contributed by atoms with Gasteiger partial charge in [-0.1, -0.05) is 37.3 Å². The van der Waals surface area contributed by atoms with Crippen LogP contribution in [0.15, 0.2) is 47.3 Å². The Morgan fingerprint density at radius 3 is 2.56 bits per heavy atom. The molecule has 0 aliphatic carbocycles. The zero-order valence-electron chi connectivity index (χ0n) is 19.1. The SMILES string of the molecule is Cc1cc(N2CCC(C)(c3ccccc3)C2)cc(=O)n1CCN1CC2(CCNC2)NC1=O. The third kappa shape index (κ3) is 3.79. The molecule has 3 fully saturated rings. The van der Waals surface area contributed by atoms with Crippen molar-refractivity contribution >= 4 is 11.7 Å². The molecular formula is C25H33N5O2. The summed E-state index contributed by atoms with van der Waals surface area (Å²) in [4.78, 5) is 29.6. The van der Waals surface area contributed by atoms with Crippen LogP contribution in [0.2, 0.25) is 0 Å². The lowest BCUT2D eigenvalue weighted by atomic mass is 9.82. The lowest BCUT2D eigenvalue weighted by molar-refractivity contribution is 0.215. The highest BCUT2D eigenvalue weighted by molar-refractivity contribution is 5.78. The molecule has 2 aromatic rings. The molecule has 0 saturated carbocycles. The highest BCUT2D eigenvalue weighted by Gasteiger charge is 2.44. The van der Waals surface area contributed by atoms with Crippen molar-refractivity contribution in [3.05, 3.63) is 64.1 Å². The molecule has 1 aromatic carbocycles. The molecule has 7 nitrogen and oxygen atoms in total. The van der Waals surface area contributed by atoms with Crippen molar-refractivity contribution in [1.82, 2.24) is 20.1 Å². The molecule has 2 N–H and O–H groups in total. The summed E-state index contributed by atoms with van der Waals surface area (Å²) in [5, 5.41) is 6.48. The number of aryl methyl sites for hydroxylation is 1. The number of carbonyl (C=O) groups is 1. The Kier molecular flexibility index (Phi) is 5.24. The first-order chi connectivity index (χ1) is 15.4. The number of pyridine rings is 1. The molecule has 1 spiro atoms. The van der Waals surface area contributed by atoms with Crippen LogP contribution < -0.4 is 21.1 Å². The average molecular weight is 436 g/mol. The van der Waals surface area contributed by atoms with Crippen molar-refractivity contribution in [3.8, 4) is 0 Å². The average Bonchev–Trinajstić information content (AvgIpc) is 3.48. The Morgan fingerprint density at radius 2 is 1.84 bits per heavy atom. The van der Waals surface area contributed by atoms with E-state index in [1.54, 1.807) is 10.6 Å². The molecule has 2 unspecified atom stereocenters. The van der Waals surface area contributed by atoms with Crippen LogP contribution in [0.3, 0.4) is 0 Å². The molecule has 4 heterocycles. The normalized spacial score (nSPS) is 27.5. The van der Waals surface area contributed by atoms with Crippen molar-refractivity contribution in [2.24, 2.45) is 0 Å². The maximum atomic E-state index is 13.0. The van der Waals surface area contributed by atoms with Gasteiger partial charge in [-0.15, -0.1) is 0 Å². The lowest BCUT2D eigenvalue weighted by Gasteiger charge is -2.26.